The van der Waals surface area contributed by atoms with Crippen LogP contribution < -0.4 is 5.43 Å². The van der Waals surface area contributed by atoms with Crippen LogP contribution >= 0.6 is 15.9 Å². The van der Waals surface area contributed by atoms with E-state index in [1.54, 1.807) is 37.1 Å². The van der Waals surface area contributed by atoms with E-state index in [1.807, 2.05) is 19.9 Å². The third-order valence-corrected chi connectivity index (χ3v) is 6.48. The third-order valence-electron chi connectivity index (χ3n) is 5.79. The largest absolute Gasteiger partial charge is 0.465 e. The molecule has 1 aromatic carbocycles. The molecule has 0 saturated carbocycles. The number of nitrogens with one attached hydrogen (secondary N) is 1. The lowest BCUT2D eigenvalue weighted by atomic mass is 9.67. The number of ether oxygens (including phenoxy) is 1. The molecule has 2 aliphatic rings. The summed E-state index contributed by atoms with van der Waals surface area (Å²) in [4.78, 5) is 37.2. The number of halogens is 1. The minimum Gasteiger partial charge on any atom is -0.465 e. The number of fused-ring (bicyclic) bond motifs is 2. The quantitative estimate of drug-likeness (QED) is 0.557. The number of benzene rings is 1. The smallest absolute Gasteiger partial charge is 0.316 e. The maximum Gasteiger partial charge on any atom is 0.316 e. The molecule has 1 N–H and O–H groups in total. The minimum absolute atomic E-state index is 0.276. The Hall–Kier alpha value is -1.48. The zero-order valence-electron chi connectivity index (χ0n) is 16.0. The molecule has 0 spiro atoms. The van der Waals surface area contributed by atoms with E-state index in [1.165, 1.54) is 0 Å². The van der Waals surface area contributed by atoms with Crippen LogP contribution in [0.5, 0.6) is 0 Å². The van der Waals surface area contributed by atoms with Crippen LogP contribution in [0.1, 0.15) is 57.3 Å². The van der Waals surface area contributed by atoms with E-state index in [2.05, 4.69) is 21.4 Å². The molecular formula is C19H25BrN2O5. The van der Waals surface area contributed by atoms with Gasteiger partial charge in [-0.2, -0.15) is 5.01 Å². The van der Waals surface area contributed by atoms with Gasteiger partial charge in [0.1, 0.15) is 5.41 Å². The van der Waals surface area contributed by atoms with Crippen LogP contribution in [0, 0.1) is 5.41 Å². The number of esters is 1. The molecule has 2 aliphatic heterocycles. The molecule has 148 valence electrons. The van der Waals surface area contributed by atoms with Crippen molar-refractivity contribution in [1.29, 1.82) is 0 Å². The van der Waals surface area contributed by atoms with Crippen molar-refractivity contribution in [2.24, 2.45) is 5.41 Å². The number of nitrogens with zero attached hydrogens (tertiary/aromatic N) is 1. The molecule has 1 aromatic rings. The molecule has 2 heterocycles. The molecule has 8 heteroatoms. The molecule has 3 unspecified atom stereocenters. The summed E-state index contributed by atoms with van der Waals surface area (Å²) in [5.74, 6) is -0.660. The van der Waals surface area contributed by atoms with Gasteiger partial charge >= 0.3 is 5.97 Å². The van der Waals surface area contributed by atoms with Gasteiger partial charge in [0.15, 0.2) is 11.4 Å². The summed E-state index contributed by atoms with van der Waals surface area (Å²) in [5.41, 5.74) is 0.358. The fourth-order valence-corrected chi connectivity index (χ4v) is 4.53. The zero-order valence-corrected chi connectivity index (χ0v) is 17.6. The Balaban J connectivity index is 1.98. The summed E-state index contributed by atoms with van der Waals surface area (Å²) in [6.45, 7) is 7.56. The highest BCUT2D eigenvalue weighted by atomic mass is 79.9. The van der Waals surface area contributed by atoms with Gasteiger partial charge in [-0.1, -0.05) is 19.1 Å². The number of amides is 1. The molecule has 3 atom stereocenters. The highest BCUT2D eigenvalue weighted by Gasteiger charge is 2.71. The van der Waals surface area contributed by atoms with Crippen molar-refractivity contribution in [3.05, 3.63) is 34.3 Å². The Morgan fingerprint density at radius 2 is 1.93 bits per heavy atom. The zero-order chi connectivity index (χ0) is 19.9. The van der Waals surface area contributed by atoms with Crippen molar-refractivity contribution in [3.63, 3.8) is 0 Å². The Labute approximate surface area is 167 Å². The standard InChI is InChI=1S/C19H25BrN2O5/c1-5-19(16(24)25-6-2)12-11-17(3)22(18(19,4)27-26-17)21-15(23)13-9-7-8-10-14(13)20/h7-10H,5-6,11-12H2,1-4H3,(H,21,23). The number of hydrazine groups is 1. The lowest BCUT2D eigenvalue weighted by Crippen LogP contribution is -2.71. The molecule has 1 amide bonds. The van der Waals surface area contributed by atoms with Crippen molar-refractivity contribution in [1.82, 2.24) is 10.4 Å². The van der Waals surface area contributed by atoms with Crippen LogP contribution in [0.3, 0.4) is 0 Å². The highest BCUT2D eigenvalue weighted by molar-refractivity contribution is 9.10. The molecule has 0 aliphatic carbocycles. The van der Waals surface area contributed by atoms with Crippen molar-refractivity contribution >= 4 is 27.8 Å². The van der Waals surface area contributed by atoms with Gasteiger partial charge in [-0.15, -0.1) is 0 Å². The van der Waals surface area contributed by atoms with Crippen LogP contribution in [0.25, 0.3) is 0 Å². The van der Waals surface area contributed by atoms with Gasteiger partial charge < -0.3 is 4.74 Å². The van der Waals surface area contributed by atoms with Crippen LogP contribution in [0.4, 0.5) is 0 Å². The molecule has 0 radical (unpaired) electrons. The summed E-state index contributed by atoms with van der Waals surface area (Å²) < 4.78 is 6.04. The second-order valence-corrected chi connectivity index (χ2v) is 8.09. The molecule has 7 nitrogen and oxygen atoms in total. The predicted octanol–water partition coefficient (Wildman–Crippen LogP) is 3.54. The normalized spacial score (nSPS) is 32.9. The average molecular weight is 441 g/mol. The molecule has 2 saturated heterocycles. The number of piperidine rings is 1. The minimum atomic E-state index is -1.20. The van der Waals surface area contributed by atoms with E-state index in [-0.39, 0.29) is 18.5 Å². The van der Waals surface area contributed by atoms with E-state index in [0.29, 0.717) is 29.3 Å². The van der Waals surface area contributed by atoms with Gasteiger partial charge in [-0.3, -0.25) is 15.0 Å². The first-order chi connectivity index (χ1) is 12.7. The van der Waals surface area contributed by atoms with Gasteiger partial charge in [-0.05, 0) is 68.1 Å². The lowest BCUT2D eigenvalue weighted by Gasteiger charge is -2.51. The maximum absolute atomic E-state index is 12.9. The SMILES string of the molecule is CCOC(=O)C1(CC)CCC2(C)OOC1(C)N2NC(=O)c1ccccc1Br. The summed E-state index contributed by atoms with van der Waals surface area (Å²) >= 11 is 3.40. The lowest BCUT2D eigenvalue weighted by molar-refractivity contribution is -0.350. The fraction of sp³-hybridized carbons (Fsp3) is 0.579. The highest BCUT2D eigenvalue weighted by Crippen LogP contribution is 2.57. The van der Waals surface area contributed by atoms with Gasteiger partial charge in [0, 0.05) is 4.47 Å². The van der Waals surface area contributed by atoms with E-state index in [4.69, 9.17) is 14.5 Å². The van der Waals surface area contributed by atoms with Crippen molar-refractivity contribution in [2.75, 3.05) is 6.61 Å². The van der Waals surface area contributed by atoms with Crippen LogP contribution in [-0.2, 0) is 19.3 Å². The van der Waals surface area contributed by atoms with E-state index < -0.39 is 16.9 Å². The number of rotatable bonds is 5. The summed E-state index contributed by atoms with van der Waals surface area (Å²) in [7, 11) is 0. The van der Waals surface area contributed by atoms with Gasteiger partial charge in [-0.25, -0.2) is 9.78 Å². The summed E-state index contributed by atoms with van der Waals surface area (Å²) in [5, 5.41) is 1.63. The second-order valence-electron chi connectivity index (χ2n) is 7.24. The van der Waals surface area contributed by atoms with Crippen molar-refractivity contribution < 1.29 is 24.1 Å². The predicted molar refractivity (Wildman–Crippen MR) is 101 cm³/mol. The van der Waals surface area contributed by atoms with Gasteiger partial charge in [0.05, 0.1) is 12.2 Å². The number of carbonyl (C=O) groups is 2. The molecular weight excluding hydrogens is 416 g/mol. The van der Waals surface area contributed by atoms with Crippen LogP contribution in [0.2, 0.25) is 0 Å². The van der Waals surface area contributed by atoms with E-state index in [0.717, 1.165) is 0 Å². The molecule has 2 bridgehead atoms. The Bertz CT molecular complexity index is 759. The first kappa shape index (κ1) is 20.3. The van der Waals surface area contributed by atoms with Crippen LogP contribution in [-0.4, -0.2) is 34.9 Å². The number of carbonyl (C=O) groups excluding carboxylic acids is 2. The topological polar surface area (TPSA) is 77.1 Å². The Morgan fingerprint density at radius 3 is 2.56 bits per heavy atom. The Morgan fingerprint density at radius 1 is 1.22 bits per heavy atom. The molecule has 3 rings (SSSR count). The second kappa shape index (κ2) is 7.16. The first-order valence-corrected chi connectivity index (χ1v) is 9.93. The number of hydrogen-bond donors (Lipinski definition) is 1. The fourth-order valence-electron chi connectivity index (χ4n) is 4.06. The first-order valence-electron chi connectivity index (χ1n) is 9.14. The molecule has 27 heavy (non-hydrogen) atoms. The van der Waals surface area contributed by atoms with Crippen molar-refractivity contribution in [3.8, 4) is 0 Å². The Kier molecular flexibility index (Phi) is 5.37. The summed E-state index contributed by atoms with van der Waals surface area (Å²) in [6, 6.07) is 7.14. The monoisotopic (exact) mass is 440 g/mol. The van der Waals surface area contributed by atoms with Gasteiger partial charge in [0.25, 0.3) is 5.91 Å². The molecule has 0 aromatic heterocycles. The van der Waals surface area contributed by atoms with Gasteiger partial charge in [0.2, 0.25) is 0 Å². The van der Waals surface area contributed by atoms with E-state index >= 15 is 0 Å². The van der Waals surface area contributed by atoms with Crippen LogP contribution in [0.15, 0.2) is 28.7 Å². The molecule has 2 fully saturated rings. The summed E-state index contributed by atoms with van der Waals surface area (Å²) in [6.07, 6.45) is 1.53. The van der Waals surface area contributed by atoms with Crippen molar-refractivity contribution in [2.45, 2.75) is 58.4 Å². The van der Waals surface area contributed by atoms with E-state index in [9.17, 15) is 9.59 Å². The third kappa shape index (κ3) is 2.99. The number of hydrogen-bond acceptors (Lipinski definition) is 6. The average Bonchev–Trinajstić information content (AvgIpc) is 2.82. The maximum atomic E-state index is 12.9.